The first-order chi connectivity index (χ1) is 19.4. The van der Waals surface area contributed by atoms with Crippen molar-refractivity contribution in [2.75, 3.05) is 7.11 Å². The molecule has 1 aromatic heterocycles. The van der Waals surface area contributed by atoms with Crippen LogP contribution in [0.3, 0.4) is 0 Å². The summed E-state index contributed by atoms with van der Waals surface area (Å²) in [6.07, 6.45) is 7.22. The van der Waals surface area contributed by atoms with Gasteiger partial charge in [-0.25, -0.2) is 9.07 Å². The molecule has 0 radical (unpaired) electrons. The summed E-state index contributed by atoms with van der Waals surface area (Å²) in [6, 6.07) is 20.6. The molecule has 0 unspecified atom stereocenters. The Morgan fingerprint density at radius 3 is 2.62 bits per heavy atom. The highest BCUT2D eigenvalue weighted by atomic mass is 19.1. The van der Waals surface area contributed by atoms with Gasteiger partial charge in [0, 0.05) is 0 Å². The molecule has 1 N–H and O–H groups in total. The van der Waals surface area contributed by atoms with Crippen molar-refractivity contribution in [3.63, 3.8) is 0 Å². The molecule has 0 amide bonds. The molecule has 0 spiro atoms. The second-order valence-electron chi connectivity index (χ2n) is 11.3. The van der Waals surface area contributed by atoms with Crippen molar-refractivity contribution in [3.8, 4) is 17.2 Å². The third-order valence-electron chi connectivity index (χ3n) is 8.78. The van der Waals surface area contributed by atoms with Gasteiger partial charge in [-0.05, 0) is 103 Å². The second kappa shape index (κ2) is 10.6. The number of methoxy groups -OCH3 is 1. The van der Waals surface area contributed by atoms with Crippen molar-refractivity contribution in [1.82, 2.24) is 9.78 Å². The SMILES string of the molecule is COc1ccc(COc2cc([C@H](O)[C@H]3CCCC4=Cc5c(cnn5-c5ccc(C)cc5)C[C@@]43C)ccc2F)cc1. The van der Waals surface area contributed by atoms with E-state index >= 15 is 0 Å². The summed E-state index contributed by atoms with van der Waals surface area (Å²) >= 11 is 0. The number of rotatable bonds is 7. The molecule has 6 heteroatoms. The molecular weight excluding hydrogens is 503 g/mol. The zero-order valence-corrected chi connectivity index (χ0v) is 23.2. The van der Waals surface area contributed by atoms with E-state index in [0.717, 1.165) is 48.4 Å². The maximum Gasteiger partial charge on any atom is 0.165 e. The summed E-state index contributed by atoms with van der Waals surface area (Å²) in [5, 5.41) is 16.5. The van der Waals surface area contributed by atoms with E-state index in [-0.39, 0.29) is 23.7 Å². The minimum atomic E-state index is -0.744. The van der Waals surface area contributed by atoms with E-state index in [0.29, 0.717) is 5.56 Å². The molecule has 4 aromatic rings. The molecular formula is C34H35FN2O3. The lowest BCUT2D eigenvalue weighted by Crippen LogP contribution is -2.40. The van der Waals surface area contributed by atoms with Crippen molar-refractivity contribution in [1.29, 1.82) is 0 Å². The number of aliphatic hydroxyl groups is 1. The molecule has 40 heavy (non-hydrogen) atoms. The van der Waals surface area contributed by atoms with E-state index < -0.39 is 11.9 Å². The summed E-state index contributed by atoms with van der Waals surface area (Å²) in [7, 11) is 1.62. The van der Waals surface area contributed by atoms with E-state index in [1.165, 1.54) is 22.8 Å². The first kappa shape index (κ1) is 26.3. The molecule has 0 bridgehead atoms. The Labute approximate surface area is 234 Å². The summed E-state index contributed by atoms with van der Waals surface area (Å²) in [5.74, 6) is 0.454. The predicted octanol–water partition coefficient (Wildman–Crippen LogP) is 7.39. The molecule has 1 fully saturated rings. The Morgan fingerprint density at radius 2 is 1.88 bits per heavy atom. The summed E-state index contributed by atoms with van der Waals surface area (Å²) in [6.45, 7) is 4.57. The molecule has 206 valence electrons. The third kappa shape index (κ3) is 4.81. The minimum absolute atomic E-state index is 0.0109. The lowest BCUT2D eigenvalue weighted by Gasteiger charge is -2.47. The van der Waals surface area contributed by atoms with Crippen LogP contribution in [0.4, 0.5) is 4.39 Å². The molecule has 2 aliphatic rings. The first-order valence-corrected chi connectivity index (χ1v) is 13.9. The number of aromatic nitrogens is 2. The van der Waals surface area contributed by atoms with Gasteiger partial charge in [0.05, 0.1) is 30.8 Å². The average molecular weight is 539 g/mol. The number of allylic oxidation sites excluding steroid dienone is 1. The zero-order valence-electron chi connectivity index (χ0n) is 23.2. The van der Waals surface area contributed by atoms with Gasteiger partial charge in [-0.2, -0.15) is 5.10 Å². The minimum Gasteiger partial charge on any atom is -0.497 e. The van der Waals surface area contributed by atoms with Crippen molar-refractivity contribution in [2.45, 2.75) is 52.2 Å². The molecule has 0 saturated heterocycles. The Balaban J connectivity index is 1.24. The van der Waals surface area contributed by atoms with Gasteiger partial charge in [-0.3, -0.25) is 0 Å². The summed E-state index contributed by atoms with van der Waals surface area (Å²) < 4.78 is 27.8. The number of halogens is 1. The number of benzene rings is 3. The van der Waals surface area contributed by atoms with Crippen LogP contribution in [0.25, 0.3) is 11.8 Å². The number of hydrogen-bond donors (Lipinski definition) is 1. The van der Waals surface area contributed by atoms with Crippen LogP contribution in [0.2, 0.25) is 0 Å². The lowest BCUT2D eigenvalue weighted by atomic mass is 9.57. The van der Waals surface area contributed by atoms with Gasteiger partial charge in [0.15, 0.2) is 11.6 Å². The van der Waals surface area contributed by atoms with Crippen LogP contribution in [-0.2, 0) is 13.0 Å². The average Bonchev–Trinajstić information content (AvgIpc) is 3.37. The fourth-order valence-corrected chi connectivity index (χ4v) is 6.41. The molecule has 1 saturated carbocycles. The third-order valence-corrected chi connectivity index (χ3v) is 8.78. The Kier molecular flexibility index (Phi) is 6.97. The highest BCUT2D eigenvalue weighted by Crippen LogP contribution is 2.55. The Hall–Kier alpha value is -3.90. The van der Waals surface area contributed by atoms with Crippen molar-refractivity contribution in [3.05, 3.63) is 112 Å². The van der Waals surface area contributed by atoms with Gasteiger partial charge in [0.2, 0.25) is 0 Å². The standard InChI is InChI=1S/C34H35FN2O3/c1-22-7-12-27(13-8-22)37-31-18-26-5-4-6-29(34(26,2)19-25(31)20-36-37)33(38)24-11-16-30(35)32(17-24)40-21-23-9-14-28(39-3)15-10-23/h7-18,20,29,33,38H,4-6,19,21H2,1-3H3/t29-,33+,34+/m1/s1. The number of nitrogens with zero attached hydrogens (tertiary/aromatic N) is 2. The van der Waals surface area contributed by atoms with Crippen LogP contribution >= 0.6 is 0 Å². The lowest BCUT2D eigenvalue weighted by molar-refractivity contribution is 0.0215. The van der Waals surface area contributed by atoms with Gasteiger partial charge in [-0.1, -0.05) is 48.4 Å². The van der Waals surface area contributed by atoms with Crippen molar-refractivity contribution in [2.24, 2.45) is 11.3 Å². The molecule has 2 aliphatic carbocycles. The normalized spacial score (nSPS) is 20.7. The highest BCUT2D eigenvalue weighted by molar-refractivity contribution is 5.61. The monoisotopic (exact) mass is 538 g/mol. The number of aryl methyl sites for hydroxylation is 1. The quantitative estimate of drug-likeness (QED) is 0.267. The predicted molar refractivity (Wildman–Crippen MR) is 154 cm³/mol. The number of aliphatic hydroxyl groups excluding tert-OH is 1. The van der Waals surface area contributed by atoms with Crippen molar-refractivity contribution < 1.29 is 19.0 Å². The molecule has 5 nitrogen and oxygen atoms in total. The van der Waals surface area contributed by atoms with Crippen LogP contribution in [0.1, 0.15) is 60.2 Å². The summed E-state index contributed by atoms with van der Waals surface area (Å²) in [4.78, 5) is 0. The van der Waals surface area contributed by atoms with E-state index in [2.05, 4.69) is 44.2 Å². The molecule has 1 heterocycles. The van der Waals surface area contributed by atoms with E-state index in [4.69, 9.17) is 14.6 Å². The molecule has 3 aromatic carbocycles. The Morgan fingerprint density at radius 1 is 1.10 bits per heavy atom. The van der Waals surface area contributed by atoms with E-state index in [1.54, 1.807) is 19.2 Å². The smallest absolute Gasteiger partial charge is 0.165 e. The molecule has 3 atom stereocenters. The van der Waals surface area contributed by atoms with Gasteiger partial charge >= 0.3 is 0 Å². The van der Waals surface area contributed by atoms with Gasteiger partial charge in [0.25, 0.3) is 0 Å². The zero-order chi connectivity index (χ0) is 27.9. The van der Waals surface area contributed by atoms with Gasteiger partial charge in [-0.15, -0.1) is 0 Å². The fourth-order valence-electron chi connectivity index (χ4n) is 6.41. The maximum atomic E-state index is 14.7. The summed E-state index contributed by atoms with van der Waals surface area (Å²) in [5.41, 5.74) is 7.30. The van der Waals surface area contributed by atoms with Crippen LogP contribution in [-0.4, -0.2) is 22.0 Å². The molecule has 0 aliphatic heterocycles. The van der Waals surface area contributed by atoms with Crippen molar-refractivity contribution >= 4 is 6.08 Å². The topological polar surface area (TPSA) is 56.5 Å². The second-order valence-corrected chi connectivity index (χ2v) is 11.3. The van der Waals surface area contributed by atoms with Crippen LogP contribution in [0.15, 0.2) is 78.5 Å². The molecule has 6 rings (SSSR count). The fraction of sp³-hybridized carbons (Fsp3) is 0.324. The van der Waals surface area contributed by atoms with E-state index in [1.807, 2.05) is 35.1 Å². The largest absolute Gasteiger partial charge is 0.497 e. The number of fused-ring (bicyclic) bond motifs is 2. The number of hydrogen-bond acceptors (Lipinski definition) is 4. The van der Waals surface area contributed by atoms with Crippen LogP contribution < -0.4 is 9.47 Å². The van der Waals surface area contributed by atoms with E-state index in [9.17, 15) is 9.50 Å². The number of ether oxygens (including phenoxy) is 2. The van der Waals surface area contributed by atoms with Gasteiger partial charge in [0.1, 0.15) is 12.4 Å². The maximum absolute atomic E-state index is 14.7. The van der Waals surface area contributed by atoms with Crippen LogP contribution in [0, 0.1) is 24.1 Å². The Bertz CT molecular complexity index is 1540. The first-order valence-electron chi connectivity index (χ1n) is 13.9. The van der Waals surface area contributed by atoms with Crippen LogP contribution in [0.5, 0.6) is 11.5 Å². The highest BCUT2D eigenvalue weighted by Gasteiger charge is 2.46. The van der Waals surface area contributed by atoms with Gasteiger partial charge < -0.3 is 14.6 Å².